The molecule has 2 aromatic rings. The summed E-state index contributed by atoms with van der Waals surface area (Å²) in [5.74, 6) is 0.638. The van der Waals surface area contributed by atoms with E-state index in [1.807, 2.05) is 6.07 Å². The molecule has 0 fully saturated rings. The predicted octanol–water partition coefficient (Wildman–Crippen LogP) is 4.44. The average molecular weight is 260 g/mol. The molecule has 2 rings (SSSR count). The molecular formula is C15H20N2S. The van der Waals surface area contributed by atoms with Crippen LogP contribution in [0.5, 0.6) is 0 Å². The summed E-state index contributed by atoms with van der Waals surface area (Å²) in [5.41, 5.74) is 2.34. The Hall–Kier alpha value is -1.35. The summed E-state index contributed by atoms with van der Waals surface area (Å²) in [4.78, 5) is 6.08. The number of anilines is 1. The maximum Gasteiger partial charge on any atom is 0.183 e. The third kappa shape index (κ3) is 3.10. The second-order valence-corrected chi connectivity index (χ2v) is 5.87. The number of hydrogen-bond donors (Lipinski definition) is 1. The van der Waals surface area contributed by atoms with Gasteiger partial charge in [0.1, 0.15) is 0 Å². The molecule has 0 saturated carbocycles. The Bertz CT molecular complexity index is 488. The summed E-state index contributed by atoms with van der Waals surface area (Å²) < 4.78 is 0. The van der Waals surface area contributed by atoms with Gasteiger partial charge in [0, 0.05) is 17.0 Å². The van der Waals surface area contributed by atoms with E-state index in [-0.39, 0.29) is 0 Å². The van der Waals surface area contributed by atoms with Crippen molar-refractivity contribution >= 4 is 16.5 Å². The van der Waals surface area contributed by atoms with Crippen LogP contribution in [0.25, 0.3) is 11.3 Å². The van der Waals surface area contributed by atoms with Gasteiger partial charge in [-0.2, -0.15) is 0 Å². The van der Waals surface area contributed by atoms with Gasteiger partial charge in [0.2, 0.25) is 0 Å². The molecule has 1 N–H and O–H groups in total. The van der Waals surface area contributed by atoms with Crippen LogP contribution in [0.4, 0.5) is 5.13 Å². The normalized spacial score (nSPS) is 10.9. The van der Waals surface area contributed by atoms with Gasteiger partial charge in [-0.3, -0.25) is 0 Å². The second kappa shape index (κ2) is 6.01. The summed E-state index contributed by atoms with van der Waals surface area (Å²) >= 11 is 1.77. The molecule has 0 amide bonds. The van der Waals surface area contributed by atoms with Crippen molar-refractivity contribution in [1.29, 1.82) is 0 Å². The van der Waals surface area contributed by atoms with Crippen LogP contribution < -0.4 is 5.32 Å². The molecule has 0 aliphatic heterocycles. The van der Waals surface area contributed by atoms with Crippen LogP contribution >= 0.6 is 11.3 Å². The number of nitrogens with one attached hydrogen (secondary N) is 1. The summed E-state index contributed by atoms with van der Waals surface area (Å²) in [5, 5.41) is 4.46. The van der Waals surface area contributed by atoms with Crippen LogP contribution in [0.15, 0.2) is 30.3 Å². The minimum absolute atomic E-state index is 0.638. The average Bonchev–Trinajstić information content (AvgIpc) is 2.80. The van der Waals surface area contributed by atoms with Crippen LogP contribution in [0.3, 0.4) is 0 Å². The lowest BCUT2D eigenvalue weighted by molar-refractivity contribution is 0.688. The van der Waals surface area contributed by atoms with E-state index < -0.39 is 0 Å². The minimum atomic E-state index is 0.638. The highest BCUT2D eigenvalue weighted by atomic mass is 32.1. The molecule has 1 aromatic heterocycles. The van der Waals surface area contributed by atoms with Crippen molar-refractivity contribution in [3.63, 3.8) is 0 Å². The van der Waals surface area contributed by atoms with Crippen LogP contribution in [-0.4, -0.2) is 11.5 Å². The van der Waals surface area contributed by atoms with Gasteiger partial charge in [-0.15, -0.1) is 11.3 Å². The SMILES string of the molecule is CCc1sc(NCC(C)C)nc1-c1ccccc1. The first-order valence-corrected chi connectivity index (χ1v) is 7.31. The first-order valence-electron chi connectivity index (χ1n) is 6.49. The Kier molecular flexibility index (Phi) is 4.37. The molecule has 18 heavy (non-hydrogen) atoms. The summed E-state index contributed by atoms with van der Waals surface area (Å²) in [6.45, 7) is 7.58. The zero-order chi connectivity index (χ0) is 13.0. The zero-order valence-electron chi connectivity index (χ0n) is 11.2. The summed E-state index contributed by atoms with van der Waals surface area (Å²) in [6.07, 6.45) is 1.03. The van der Waals surface area contributed by atoms with Gasteiger partial charge in [0.15, 0.2) is 5.13 Å². The van der Waals surface area contributed by atoms with Gasteiger partial charge >= 0.3 is 0 Å². The molecule has 1 heterocycles. The van der Waals surface area contributed by atoms with E-state index in [0.717, 1.165) is 23.8 Å². The Morgan fingerprint density at radius 2 is 1.94 bits per heavy atom. The lowest BCUT2D eigenvalue weighted by Crippen LogP contribution is -2.07. The number of hydrogen-bond acceptors (Lipinski definition) is 3. The largest absolute Gasteiger partial charge is 0.361 e. The maximum absolute atomic E-state index is 4.73. The van der Waals surface area contributed by atoms with Gasteiger partial charge in [-0.25, -0.2) is 4.98 Å². The Balaban J connectivity index is 2.25. The number of benzene rings is 1. The fourth-order valence-electron chi connectivity index (χ4n) is 1.78. The van der Waals surface area contributed by atoms with Gasteiger partial charge < -0.3 is 5.32 Å². The highest BCUT2D eigenvalue weighted by Crippen LogP contribution is 2.31. The van der Waals surface area contributed by atoms with E-state index in [2.05, 4.69) is 50.4 Å². The Morgan fingerprint density at radius 3 is 2.56 bits per heavy atom. The van der Waals surface area contributed by atoms with E-state index in [9.17, 15) is 0 Å². The molecule has 0 bridgehead atoms. The number of aryl methyl sites for hydroxylation is 1. The van der Waals surface area contributed by atoms with Crippen molar-refractivity contribution in [2.24, 2.45) is 5.92 Å². The van der Waals surface area contributed by atoms with Crippen molar-refractivity contribution in [2.75, 3.05) is 11.9 Å². The van der Waals surface area contributed by atoms with Crippen molar-refractivity contribution in [1.82, 2.24) is 4.98 Å². The van der Waals surface area contributed by atoms with E-state index in [1.165, 1.54) is 10.4 Å². The first kappa shape index (κ1) is 13.1. The van der Waals surface area contributed by atoms with Crippen LogP contribution in [0.2, 0.25) is 0 Å². The molecule has 0 atom stereocenters. The maximum atomic E-state index is 4.73. The van der Waals surface area contributed by atoms with Crippen molar-refractivity contribution in [3.05, 3.63) is 35.2 Å². The molecule has 0 saturated heterocycles. The lowest BCUT2D eigenvalue weighted by atomic mass is 10.1. The third-order valence-corrected chi connectivity index (χ3v) is 3.88. The third-order valence-electron chi connectivity index (χ3n) is 2.73. The lowest BCUT2D eigenvalue weighted by Gasteiger charge is -2.04. The number of rotatable bonds is 5. The first-order chi connectivity index (χ1) is 8.70. The van der Waals surface area contributed by atoms with Gasteiger partial charge in [-0.05, 0) is 12.3 Å². The smallest absolute Gasteiger partial charge is 0.183 e. The predicted molar refractivity (Wildman–Crippen MR) is 80.3 cm³/mol. The summed E-state index contributed by atoms with van der Waals surface area (Å²) in [7, 11) is 0. The molecule has 96 valence electrons. The topological polar surface area (TPSA) is 24.9 Å². The molecule has 0 spiro atoms. The highest BCUT2D eigenvalue weighted by molar-refractivity contribution is 7.16. The molecule has 1 aromatic carbocycles. The summed E-state index contributed by atoms with van der Waals surface area (Å²) in [6, 6.07) is 10.4. The van der Waals surface area contributed by atoms with Gasteiger partial charge in [0.05, 0.1) is 5.69 Å². The standard InChI is InChI=1S/C15H20N2S/c1-4-13-14(12-8-6-5-7-9-12)17-15(18-13)16-10-11(2)3/h5-9,11H,4,10H2,1-3H3,(H,16,17). The molecule has 0 unspecified atom stereocenters. The Morgan fingerprint density at radius 1 is 1.22 bits per heavy atom. The highest BCUT2D eigenvalue weighted by Gasteiger charge is 2.11. The van der Waals surface area contributed by atoms with Crippen LogP contribution in [0, 0.1) is 5.92 Å². The number of nitrogens with zero attached hydrogens (tertiary/aromatic N) is 1. The number of thiazole rings is 1. The van der Waals surface area contributed by atoms with E-state index in [1.54, 1.807) is 11.3 Å². The molecule has 0 aliphatic rings. The molecule has 0 aliphatic carbocycles. The number of aromatic nitrogens is 1. The molecule has 2 nitrogen and oxygen atoms in total. The quantitative estimate of drug-likeness (QED) is 0.859. The van der Waals surface area contributed by atoms with Crippen molar-refractivity contribution in [2.45, 2.75) is 27.2 Å². The van der Waals surface area contributed by atoms with Crippen molar-refractivity contribution < 1.29 is 0 Å². The molecule has 0 radical (unpaired) electrons. The Labute approximate surface area is 113 Å². The monoisotopic (exact) mass is 260 g/mol. The van der Waals surface area contributed by atoms with Crippen molar-refractivity contribution in [3.8, 4) is 11.3 Å². The fourth-order valence-corrected chi connectivity index (χ4v) is 2.71. The second-order valence-electron chi connectivity index (χ2n) is 4.79. The molecular weight excluding hydrogens is 240 g/mol. The van der Waals surface area contributed by atoms with E-state index in [0.29, 0.717) is 5.92 Å². The van der Waals surface area contributed by atoms with E-state index in [4.69, 9.17) is 4.98 Å². The minimum Gasteiger partial charge on any atom is -0.361 e. The van der Waals surface area contributed by atoms with E-state index >= 15 is 0 Å². The van der Waals surface area contributed by atoms with Crippen LogP contribution in [-0.2, 0) is 6.42 Å². The van der Waals surface area contributed by atoms with Gasteiger partial charge in [-0.1, -0.05) is 51.1 Å². The van der Waals surface area contributed by atoms with Gasteiger partial charge in [0.25, 0.3) is 0 Å². The fraction of sp³-hybridized carbons (Fsp3) is 0.400. The van der Waals surface area contributed by atoms with Crippen LogP contribution in [0.1, 0.15) is 25.6 Å². The molecule has 3 heteroatoms. The zero-order valence-corrected chi connectivity index (χ0v) is 12.1.